The third-order valence-electron chi connectivity index (χ3n) is 2.93. The summed E-state index contributed by atoms with van der Waals surface area (Å²) >= 11 is 0. The van der Waals surface area contributed by atoms with Crippen molar-refractivity contribution < 1.29 is 32.6 Å². The molecule has 1 saturated heterocycles. The number of halogens is 3. The highest BCUT2D eigenvalue weighted by atomic mass is 19.4. The van der Waals surface area contributed by atoms with Crippen molar-refractivity contribution in [3.05, 3.63) is 12.2 Å². The molecule has 0 aromatic carbocycles. The topological polar surface area (TPSA) is 129 Å². The van der Waals surface area contributed by atoms with Crippen LogP contribution in [0.3, 0.4) is 0 Å². The fraction of sp³-hybridized carbons (Fsp3) is 0.692. The Hall–Kier alpha value is -2.37. The minimum atomic E-state index is -5.08. The number of carboxylic acids is 1. The fourth-order valence-corrected chi connectivity index (χ4v) is 1.76. The summed E-state index contributed by atoms with van der Waals surface area (Å²) in [5.41, 5.74) is -0.506. The molecule has 0 spiro atoms. The maximum Gasteiger partial charge on any atom is 0.490 e. The molecular formula is C13H20F3N5O4. The molecule has 142 valence electrons. The first-order valence-electron chi connectivity index (χ1n) is 7.25. The molecule has 1 aromatic rings. The number of alkyl carbamates (subject to hydrolysis) is 1. The van der Waals surface area contributed by atoms with E-state index in [4.69, 9.17) is 14.6 Å². The summed E-state index contributed by atoms with van der Waals surface area (Å²) in [7, 11) is 0. The lowest BCUT2D eigenvalue weighted by Crippen LogP contribution is -2.51. The third-order valence-corrected chi connectivity index (χ3v) is 2.93. The molecule has 1 unspecified atom stereocenters. The van der Waals surface area contributed by atoms with Crippen molar-refractivity contribution >= 4 is 12.1 Å². The van der Waals surface area contributed by atoms with Crippen LogP contribution in [0.25, 0.3) is 0 Å². The zero-order valence-corrected chi connectivity index (χ0v) is 13.8. The van der Waals surface area contributed by atoms with E-state index in [2.05, 4.69) is 25.8 Å². The Kier molecular flexibility index (Phi) is 6.73. The van der Waals surface area contributed by atoms with Gasteiger partial charge in [-0.05, 0) is 20.8 Å². The van der Waals surface area contributed by atoms with Crippen molar-refractivity contribution in [2.24, 2.45) is 5.92 Å². The van der Waals surface area contributed by atoms with Gasteiger partial charge in [0.15, 0.2) is 0 Å². The van der Waals surface area contributed by atoms with E-state index in [1.54, 1.807) is 0 Å². The standard InChI is InChI=1S/C11H19N5O2.C2HF3O2/c1-11(2,3)18-10(17)15-8(7-4-12-5-7)9-13-6-14-16-9;3-2(4,5)1(6)7/h6-8,12H,4-5H2,1-3H3,(H,15,17)(H,13,14,16);(H,6,7). The largest absolute Gasteiger partial charge is 0.490 e. The van der Waals surface area contributed by atoms with Gasteiger partial charge in [0.1, 0.15) is 17.8 Å². The van der Waals surface area contributed by atoms with Gasteiger partial charge in [0.2, 0.25) is 0 Å². The smallest absolute Gasteiger partial charge is 0.475 e. The Labute approximate surface area is 141 Å². The maximum absolute atomic E-state index is 11.8. The number of aromatic amines is 1. The molecule has 9 nitrogen and oxygen atoms in total. The van der Waals surface area contributed by atoms with Crippen LogP contribution in [0.1, 0.15) is 32.6 Å². The molecule has 1 aliphatic rings. The minimum Gasteiger partial charge on any atom is -0.475 e. The summed E-state index contributed by atoms with van der Waals surface area (Å²) in [5, 5.41) is 19.8. The predicted molar refractivity (Wildman–Crippen MR) is 78.5 cm³/mol. The van der Waals surface area contributed by atoms with Crippen molar-refractivity contribution in [3.63, 3.8) is 0 Å². The molecule has 1 amide bonds. The van der Waals surface area contributed by atoms with Crippen molar-refractivity contribution in [2.45, 2.75) is 38.6 Å². The van der Waals surface area contributed by atoms with Gasteiger partial charge in [-0.3, -0.25) is 5.10 Å². The maximum atomic E-state index is 11.8. The van der Waals surface area contributed by atoms with E-state index in [9.17, 15) is 18.0 Å². The molecule has 0 saturated carbocycles. The minimum absolute atomic E-state index is 0.191. The van der Waals surface area contributed by atoms with E-state index in [-0.39, 0.29) is 6.04 Å². The molecule has 25 heavy (non-hydrogen) atoms. The van der Waals surface area contributed by atoms with Crippen LogP contribution in [0.5, 0.6) is 0 Å². The number of hydrogen-bond donors (Lipinski definition) is 4. The van der Waals surface area contributed by atoms with Crippen molar-refractivity contribution in [3.8, 4) is 0 Å². The Morgan fingerprint density at radius 2 is 1.92 bits per heavy atom. The molecule has 0 radical (unpaired) electrons. The number of amides is 1. The fourth-order valence-electron chi connectivity index (χ4n) is 1.76. The number of hydrogen-bond acceptors (Lipinski definition) is 6. The molecule has 0 bridgehead atoms. The summed E-state index contributed by atoms with van der Waals surface area (Å²) < 4.78 is 37.0. The lowest BCUT2D eigenvalue weighted by atomic mass is 9.93. The number of carboxylic acid groups (broad SMARTS) is 1. The Bertz CT molecular complexity index is 567. The van der Waals surface area contributed by atoms with Crippen molar-refractivity contribution in [1.82, 2.24) is 25.8 Å². The summed E-state index contributed by atoms with van der Waals surface area (Å²) in [4.78, 5) is 24.8. The zero-order chi connectivity index (χ0) is 19.3. The van der Waals surface area contributed by atoms with Gasteiger partial charge in [0.05, 0.1) is 6.04 Å². The second-order valence-electron chi connectivity index (χ2n) is 6.22. The van der Waals surface area contributed by atoms with Crippen molar-refractivity contribution in [2.75, 3.05) is 13.1 Å². The Morgan fingerprint density at radius 1 is 1.36 bits per heavy atom. The summed E-state index contributed by atoms with van der Waals surface area (Å²) in [6.45, 7) is 7.20. The summed E-state index contributed by atoms with van der Waals surface area (Å²) in [6, 6.07) is -0.191. The van der Waals surface area contributed by atoms with Gasteiger partial charge in [-0.25, -0.2) is 14.6 Å². The number of aliphatic carboxylic acids is 1. The van der Waals surface area contributed by atoms with Gasteiger partial charge < -0.3 is 20.5 Å². The van der Waals surface area contributed by atoms with Crippen LogP contribution >= 0.6 is 0 Å². The van der Waals surface area contributed by atoms with E-state index in [0.29, 0.717) is 11.7 Å². The lowest BCUT2D eigenvalue weighted by Gasteiger charge is -2.34. The first kappa shape index (κ1) is 20.7. The first-order valence-corrected chi connectivity index (χ1v) is 7.25. The number of carbonyl (C=O) groups is 2. The second-order valence-corrected chi connectivity index (χ2v) is 6.22. The van der Waals surface area contributed by atoms with Gasteiger partial charge in [-0.2, -0.15) is 18.3 Å². The van der Waals surface area contributed by atoms with Gasteiger partial charge in [-0.15, -0.1) is 0 Å². The molecule has 2 heterocycles. The molecule has 1 aliphatic heterocycles. The van der Waals surface area contributed by atoms with E-state index >= 15 is 0 Å². The van der Waals surface area contributed by atoms with Crippen LogP contribution in [0.4, 0.5) is 18.0 Å². The van der Waals surface area contributed by atoms with Crippen molar-refractivity contribution in [1.29, 1.82) is 0 Å². The third kappa shape index (κ3) is 7.37. The number of H-pyrrole nitrogens is 1. The number of ether oxygens (including phenoxy) is 1. The highest BCUT2D eigenvalue weighted by molar-refractivity contribution is 5.73. The molecule has 12 heteroatoms. The quantitative estimate of drug-likeness (QED) is 0.632. The van der Waals surface area contributed by atoms with E-state index in [1.807, 2.05) is 20.8 Å². The highest BCUT2D eigenvalue weighted by Crippen LogP contribution is 2.22. The zero-order valence-electron chi connectivity index (χ0n) is 13.8. The van der Waals surface area contributed by atoms with Gasteiger partial charge in [0, 0.05) is 19.0 Å². The number of alkyl halides is 3. The first-order chi connectivity index (χ1) is 11.4. The average Bonchev–Trinajstić information content (AvgIpc) is 2.86. The summed E-state index contributed by atoms with van der Waals surface area (Å²) in [5.74, 6) is -1.79. The number of rotatable bonds is 3. The predicted octanol–water partition coefficient (Wildman–Crippen LogP) is 1.22. The summed E-state index contributed by atoms with van der Waals surface area (Å²) in [6.07, 6.45) is -4.08. The van der Waals surface area contributed by atoms with Crippen LogP contribution in [0.2, 0.25) is 0 Å². The Balaban J connectivity index is 0.000000381. The van der Waals surface area contributed by atoms with E-state index < -0.39 is 23.8 Å². The van der Waals surface area contributed by atoms with Gasteiger partial charge in [0.25, 0.3) is 0 Å². The van der Waals surface area contributed by atoms with Crippen LogP contribution in [-0.2, 0) is 9.53 Å². The highest BCUT2D eigenvalue weighted by Gasteiger charge is 2.38. The lowest BCUT2D eigenvalue weighted by molar-refractivity contribution is -0.192. The molecule has 4 N–H and O–H groups in total. The van der Waals surface area contributed by atoms with E-state index in [1.165, 1.54) is 6.33 Å². The molecule has 0 aliphatic carbocycles. The molecular weight excluding hydrogens is 347 g/mol. The average molecular weight is 367 g/mol. The van der Waals surface area contributed by atoms with Crippen LogP contribution in [-0.4, -0.2) is 57.2 Å². The number of carbonyl (C=O) groups excluding carboxylic acids is 1. The second kappa shape index (κ2) is 8.14. The van der Waals surface area contributed by atoms with Gasteiger partial charge in [-0.1, -0.05) is 0 Å². The number of nitrogens with one attached hydrogen (secondary N) is 3. The SMILES string of the molecule is CC(C)(C)OC(=O)NC(c1ncn[nH]1)C1CNC1.O=C(O)C(F)(F)F. The monoisotopic (exact) mass is 367 g/mol. The van der Waals surface area contributed by atoms with Gasteiger partial charge >= 0.3 is 18.2 Å². The number of nitrogens with zero attached hydrogens (tertiary/aromatic N) is 2. The Morgan fingerprint density at radius 3 is 2.24 bits per heavy atom. The van der Waals surface area contributed by atoms with E-state index in [0.717, 1.165) is 13.1 Å². The number of aromatic nitrogens is 3. The molecule has 2 rings (SSSR count). The molecule has 1 atom stereocenters. The van der Waals surface area contributed by atoms with Crippen LogP contribution in [0, 0.1) is 5.92 Å². The normalized spacial score (nSPS) is 16.1. The molecule has 1 fully saturated rings. The van der Waals surface area contributed by atoms with Crippen LogP contribution < -0.4 is 10.6 Å². The van der Waals surface area contributed by atoms with Crippen LogP contribution in [0.15, 0.2) is 6.33 Å². The molecule has 1 aromatic heterocycles.